The maximum absolute atomic E-state index is 9.04. The van der Waals surface area contributed by atoms with E-state index in [4.69, 9.17) is 21.4 Å². The van der Waals surface area contributed by atoms with Crippen LogP contribution in [0, 0.1) is 0 Å². The van der Waals surface area contributed by atoms with Crippen LogP contribution in [0.2, 0.25) is 5.15 Å². The molecule has 1 saturated heterocycles. The molecule has 0 aromatic carbocycles. The number of fused-ring (bicyclic) bond motifs is 1. The molecule has 6 nitrogen and oxygen atoms in total. The highest BCUT2D eigenvalue weighted by Gasteiger charge is 2.27. The Morgan fingerprint density at radius 1 is 1.41 bits per heavy atom. The number of hydrogen-bond acceptors (Lipinski definition) is 5. The highest BCUT2D eigenvalue weighted by atomic mass is 35.5. The highest BCUT2D eigenvalue weighted by molar-refractivity contribution is 6.33. The van der Waals surface area contributed by atoms with Crippen LogP contribution in [-0.2, 0) is 4.74 Å². The monoisotopic (exact) mass is 254 g/mol. The fourth-order valence-electron chi connectivity index (χ4n) is 2.06. The molecule has 0 bridgehead atoms. The Morgan fingerprint density at radius 3 is 3.06 bits per heavy atom. The molecule has 3 heterocycles. The third kappa shape index (κ3) is 1.78. The number of halogens is 1. The van der Waals surface area contributed by atoms with E-state index in [9.17, 15) is 0 Å². The molecule has 2 aromatic rings. The van der Waals surface area contributed by atoms with Gasteiger partial charge in [0.1, 0.15) is 18.1 Å². The van der Waals surface area contributed by atoms with Crippen molar-refractivity contribution in [2.75, 3.05) is 6.61 Å². The summed E-state index contributed by atoms with van der Waals surface area (Å²) in [5.74, 6) is 0. The maximum Gasteiger partial charge on any atom is 0.166 e. The fourth-order valence-corrected chi connectivity index (χ4v) is 2.24. The topological polar surface area (TPSA) is 73.1 Å². The molecule has 0 aliphatic carbocycles. The van der Waals surface area contributed by atoms with E-state index >= 15 is 0 Å². The molecule has 3 rings (SSSR count). The van der Waals surface area contributed by atoms with Crippen LogP contribution in [0.5, 0.6) is 0 Å². The zero-order valence-corrected chi connectivity index (χ0v) is 9.71. The molecule has 2 atom stereocenters. The second kappa shape index (κ2) is 4.21. The average Bonchev–Trinajstić information content (AvgIpc) is 2.94. The van der Waals surface area contributed by atoms with Crippen LogP contribution in [0.15, 0.2) is 12.7 Å². The number of nitrogens with zero attached hydrogens (tertiary/aromatic N) is 4. The zero-order chi connectivity index (χ0) is 11.8. The van der Waals surface area contributed by atoms with Gasteiger partial charge in [-0.15, -0.1) is 0 Å². The first-order valence-corrected chi connectivity index (χ1v) is 5.76. The van der Waals surface area contributed by atoms with Gasteiger partial charge in [0.2, 0.25) is 0 Å². The van der Waals surface area contributed by atoms with Crippen molar-refractivity contribution in [3.05, 3.63) is 17.8 Å². The summed E-state index contributed by atoms with van der Waals surface area (Å²) in [6, 6.07) is 0. The number of aliphatic hydroxyl groups excluding tert-OH is 1. The quantitative estimate of drug-likeness (QED) is 0.814. The number of aromatic nitrogens is 4. The predicted molar refractivity (Wildman–Crippen MR) is 60.6 cm³/mol. The molecule has 7 heteroatoms. The number of imidazole rings is 1. The van der Waals surface area contributed by atoms with Crippen LogP contribution >= 0.6 is 11.6 Å². The van der Waals surface area contributed by atoms with Gasteiger partial charge >= 0.3 is 0 Å². The summed E-state index contributed by atoms with van der Waals surface area (Å²) in [7, 11) is 0. The smallest absolute Gasteiger partial charge is 0.166 e. The first kappa shape index (κ1) is 10.9. The van der Waals surface area contributed by atoms with E-state index in [1.807, 2.05) is 4.57 Å². The second-order valence-electron chi connectivity index (χ2n) is 3.96. The number of hydrogen-bond donors (Lipinski definition) is 1. The van der Waals surface area contributed by atoms with E-state index < -0.39 is 0 Å². The van der Waals surface area contributed by atoms with Gasteiger partial charge in [-0.25, -0.2) is 15.0 Å². The second-order valence-corrected chi connectivity index (χ2v) is 4.32. The van der Waals surface area contributed by atoms with Crippen molar-refractivity contribution in [2.45, 2.75) is 25.2 Å². The van der Waals surface area contributed by atoms with Crippen molar-refractivity contribution in [3.63, 3.8) is 0 Å². The van der Waals surface area contributed by atoms with E-state index in [-0.39, 0.29) is 18.9 Å². The molecule has 2 aromatic heterocycles. The third-order valence-corrected chi connectivity index (χ3v) is 3.19. The minimum absolute atomic E-state index is 0.0405. The number of rotatable bonds is 2. The van der Waals surface area contributed by atoms with Gasteiger partial charge in [0.05, 0.1) is 19.0 Å². The van der Waals surface area contributed by atoms with Crippen LogP contribution in [0.1, 0.15) is 19.1 Å². The summed E-state index contributed by atoms with van der Waals surface area (Å²) in [4.78, 5) is 12.2. The van der Waals surface area contributed by atoms with E-state index in [2.05, 4.69) is 15.0 Å². The van der Waals surface area contributed by atoms with Gasteiger partial charge < -0.3 is 9.84 Å². The minimum atomic E-state index is -0.136. The highest BCUT2D eigenvalue weighted by Crippen LogP contribution is 2.30. The third-order valence-electron chi connectivity index (χ3n) is 2.91. The van der Waals surface area contributed by atoms with Crippen LogP contribution in [0.4, 0.5) is 0 Å². The molecule has 90 valence electrons. The Bertz CT molecular complexity index is 544. The lowest BCUT2D eigenvalue weighted by Crippen LogP contribution is -2.14. The summed E-state index contributed by atoms with van der Waals surface area (Å²) < 4.78 is 7.50. The van der Waals surface area contributed by atoms with Gasteiger partial charge in [-0.2, -0.15) is 0 Å². The summed E-state index contributed by atoms with van der Waals surface area (Å²) in [5.41, 5.74) is 1.24. The van der Waals surface area contributed by atoms with Crippen molar-refractivity contribution >= 4 is 22.8 Å². The number of ether oxygens (including phenoxy) is 1. The molecular weight excluding hydrogens is 244 g/mol. The van der Waals surface area contributed by atoms with E-state index in [0.29, 0.717) is 16.3 Å². The lowest BCUT2D eigenvalue weighted by Gasteiger charge is -2.13. The molecule has 0 radical (unpaired) electrons. The Balaban J connectivity index is 1.99. The number of aliphatic hydroxyl groups is 1. The molecule has 1 aliphatic rings. The minimum Gasteiger partial charge on any atom is -0.394 e. The first-order valence-electron chi connectivity index (χ1n) is 5.39. The Morgan fingerprint density at radius 2 is 2.29 bits per heavy atom. The van der Waals surface area contributed by atoms with Gasteiger partial charge in [0.25, 0.3) is 0 Å². The molecular formula is C10H11ClN4O2. The van der Waals surface area contributed by atoms with Crippen LogP contribution in [0.25, 0.3) is 11.2 Å². The molecule has 0 unspecified atom stereocenters. The molecule has 0 amide bonds. The van der Waals surface area contributed by atoms with Gasteiger partial charge in [0, 0.05) is 0 Å². The summed E-state index contributed by atoms with van der Waals surface area (Å²) in [6.07, 6.45) is 4.48. The Labute approximate surface area is 102 Å². The summed E-state index contributed by atoms with van der Waals surface area (Å²) >= 11 is 5.93. The SMILES string of the molecule is OC[C@@H]1CC[C@H](n2cnc3c(Cl)ncnc32)O1. The molecule has 17 heavy (non-hydrogen) atoms. The zero-order valence-electron chi connectivity index (χ0n) is 8.95. The standard InChI is InChI=1S/C10H11ClN4O2/c11-9-8-10(13-4-12-9)15(5-14-8)7-2-1-6(3-16)17-7/h4-7,16H,1-3H2/t6-,7+/m0/s1. The van der Waals surface area contributed by atoms with E-state index in [1.54, 1.807) is 6.33 Å². The van der Waals surface area contributed by atoms with E-state index in [0.717, 1.165) is 12.8 Å². The lowest BCUT2D eigenvalue weighted by atomic mass is 10.2. The average molecular weight is 255 g/mol. The van der Waals surface area contributed by atoms with Crippen molar-refractivity contribution in [1.29, 1.82) is 0 Å². The summed E-state index contributed by atoms with van der Waals surface area (Å²) in [5, 5.41) is 9.38. The molecule has 0 spiro atoms. The van der Waals surface area contributed by atoms with E-state index in [1.165, 1.54) is 6.33 Å². The molecule has 1 N–H and O–H groups in total. The van der Waals surface area contributed by atoms with Gasteiger partial charge in [-0.1, -0.05) is 11.6 Å². The Hall–Kier alpha value is -1.24. The predicted octanol–water partition coefficient (Wildman–Crippen LogP) is 1.15. The summed E-state index contributed by atoms with van der Waals surface area (Å²) in [6.45, 7) is 0.0405. The van der Waals surface area contributed by atoms with Crippen LogP contribution in [0.3, 0.4) is 0 Å². The van der Waals surface area contributed by atoms with Gasteiger partial charge in [-0.3, -0.25) is 4.57 Å². The maximum atomic E-state index is 9.04. The van der Waals surface area contributed by atoms with Crippen LogP contribution < -0.4 is 0 Å². The lowest BCUT2D eigenvalue weighted by molar-refractivity contribution is -0.0207. The van der Waals surface area contributed by atoms with Crippen molar-refractivity contribution in [2.24, 2.45) is 0 Å². The van der Waals surface area contributed by atoms with Crippen molar-refractivity contribution in [1.82, 2.24) is 19.5 Å². The Kier molecular flexibility index (Phi) is 2.70. The van der Waals surface area contributed by atoms with Gasteiger partial charge in [-0.05, 0) is 12.8 Å². The first-order chi connectivity index (χ1) is 8.29. The molecule has 0 saturated carbocycles. The molecule has 1 aliphatic heterocycles. The van der Waals surface area contributed by atoms with Crippen LogP contribution in [-0.4, -0.2) is 37.3 Å². The van der Waals surface area contributed by atoms with Gasteiger partial charge in [0.15, 0.2) is 10.8 Å². The normalized spacial score (nSPS) is 24.6. The van der Waals surface area contributed by atoms with Crippen molar-refractivity contribution in [3.8, 4) is 0 Å². The largest absolute Gasteiger partial charge is 0.394 e. The molecule has 1 fully saturated rings. The van der Waals surface area contributed by atoms with Crippen molar-refractivity contribution < 1.29 is 9.84 Å². The fraction of sp³-hybridized carbons (Fsp3) is 0.500.